The molecule has 2 rings (SSSR count). The molecule has 11 N–H and O–H groups in total. The Labute approximate surface area is 149 Å². The molecule has 12 heteroatoms. The van der Waals surface area contributed by atoms with Crippen molar-refractivity contribution in [2.45, 2.75) is 36.9 Å². The van der Waals surface area contributed by atoms with E-state index < -0.39 is 36.8 Å². The third-order valence-electron chi connectivity index (χ3n) is 4.25. The molecular weight excluding hydrogens is 346 g/mol. The number of nitrogens with two attached hydrogens (primary N) is 4. The summed E-state index contributed by atoms with van der Waals surface area (Å²) in [6, 6.07) is 0. The van der Waals surface area contributed by atoms with Gasteiger partial charge in [-0.1, -0.05) is 0 Å². The van der Waals surface area contributed by atoms with Gasteiger partial charge in [-0.2, -0.15) is 4.98 Å². The molecule has 5 atom stereocenters. The predicted octanol–water partition coefficient (Wildman–Crippen LogP) is -3.86. The van der Waals surface area contributed by atoms with Crippen molar-refractivity contribution in [2.75, 3.05) is 25.4 Å². The molecule has 3 unspecified atom stereocenters. The van der Waals surface area contributed by atoms with Crippen LogP contribution in [0, 0.1) is 0 Å². The first-order valence-electron chi connectivity index (χ1n) is 8.06. The number of hydrogen-bond acceptors (Lipinski definition) is 9. The Hall–Kier alpha value is -2.25. The van der Waals surface area contributed by atoms with E-state index in [9.17, 15) is 20.1 Å². The zero-order chi connectivity index (χ0) is 19.4. The Kier molecular flexibility index (Phi) is 6.50. The fourth-order valence-corrected chi connectivity index (χ4v) is 2.87. The van der Waals surface area contributed by atoms with Crippen LogP contribution >= 0.6 is 0 Å². The van der Waals surface area contributed by atoms with Crippen LogP contribution in [0.15, 0.2) is 16.0 Å². The Bertz CT molecular complexity index is 705. The van der Waals surface area contributed by atoms with E-state index in [0.717, 1.165) is 4.57 Å². The van der Waals surface area contributed by atoms with Crippen molar-refractivity contribution in [3.8, 4) is 0 Å². The van der Waals surface area contributed by atoms with Crippen molar-refractivity contribution in [1.29, 1.82) is 0 Å². The molecule has 1 aliphatic heterocycles. The molecule has 0 amide bonds. The van der Waals surface area contributed by atoms with Gasteiger partial charge in [0.15, 0.2) is 12.2 Å². The van der Waals surface area contributed by atoms with Gasteiger partial charge in [-0.05, 0) is 13.0 Å². The zero-order valence-electron chi connectivity index (χ0n) is 14.1. The lowest BCUT2D eigenvalue weighted by atomic mass is 9.97. The van der Waals surface area contributed by atoms with Crippen LogP contribution in [-0.4, -0.2) is 68.8 Å². The summed E-state index contributed by atoms with van der Waals surface area (Å²) < 4.78 is 6.40. The third kappa shape index (κ3) is 4.11. The number of rotatable bonds is 7. The van der Waals surface area contributed by atoms with E-state index in [-0.39, 0.29) is 24.2 Å². The summed E-state index contributed by atoms with van der Waals surface area (Å²) in [6.07, 6.45) is -3.16. The van der Waals surface area contributed by atoms with Gasteiger partial charge in [-0.3, -0.25) is 9.56 Å². The van der Waals surface area contributed by atoms with Crippen LogP contribution in [-0.2, 0) is 4.74 Å². The smallest absolute Gasteiger partial charge is 0.351 e. The highest BCUT2D eigenvalue weighted by molar-refractivity contribution is 5.75. The van der Waals surface area contributed by atoms with Crippen LogP contribution in [0.2, 0.25) is 0 Å². The van der Waals surface area contributed by atoms with Gasteiger partial charge in [-0.15, -0.1) is 0 Å². The lowest BCUT2D eigenvalue weighted by Crippen LogP contribution is -2.36. The summed E-state index contributed by atoms with van der Waals surface area (Å²) in [5.41, 5.74) is 21.9. The first-order valence-corrected chi connectivity index (χ1v) is 8.06. The summed E-state index contributed by atoms with van der Waals surface area (Å²) in [6.45, 7) is -0.0182. The summed E-state index contributed by atoms with van der Waals surface area (Å²) in [7, 11) is 0. The summed E-state index contributed by atoms with van der Waals surface area (Å²) >= 11 is 0. The highest BCUT2D eigenvalue weighted by Crippen LogP contribution is 2.30. The lowest BCUT2D eigenvalue weighted by molar-refractivity contribution is -0.0550. The molecule has 12 nitrogen and oxygen atoms in total. The van der Waals surface area contributed by atoms with Crippen LogP contribution in [0.4, 0.5) is 5.82 Å². The molecule has 0 saturated carbocycles. The zero-order valence-corrected chi connectivity index (χ0v) is 14.1. The Morgan fingerprint density at radius 2 is 2.08 bits per heavy atom. The van der Waals surface area contributed by atoms with E-state index in [0.29, 0.717) is 18.5 Å². The number of nitrogens with zero attached hydrogens (tertiary/aromatic N) is 3. The fourth-order valence-electron chi connectivity index (χ4n) is 2.87. The molecule has 0 aliphatic carbocycles. The number of ether oxygens (including phenoxy) is 1. The van der Waals surface area contributed by atoms with Crippen molar-refractivity contribution in [3.63, 3.8) is 0 Å². The maximum Gasteiger partial charge on any atom is 0.351 e. The quantitative estimate of drug-likeness (QED) is 0.182. The minimum absolute atomic E-state index is 0.0118. The van der Waals surface area contributed by atoms with Crippen molar-refractivity contribution in [1.82, 2.24) is 9.55 Å². The average Bonchev–Trinajstić information content (AvgIpc) is 2.87. The van der Waals surface area contributed by atoms with Gasteiger partial charge in [0.1, 0.15) is 24.1 Å². The van der Waals surface area contributed by atoms with E-state index in [1.165, 1.54) is 6.20 Å². The minimum atomic E-state index is -1.42. The maximum absolute atomic E-state index is 12.2. The highest BCUT2D eigenvalue weighted by Gasteiger charge is 2.44. The van der Waals surface area contributed by atoms with Crippen molar-refractivity contribution in [2.24, 2.45) is 22.2 Å². The topological polar surface area (TPSA) is 221 Å². The molecule has 1 aliphatic rings. The molecule has 1 saturated heterocycles. The Morgan fingerprint density at radius 3 is 2.62 bits per heavy atom. The van der Waals surface area contributed by atoms with Gasteiger partial charge in [0.2, 0.25) is 0 Å². The molecule has 0 radical (unpaired) electrons. The van der Waals surface area contributed by atoms with Gasteiger partial charge in [-0.25, -0.2) is 4.79 Å². The number of aliphatic hydroxyl groups is 3. The van der Waals surface area contributed by atoms with E-state index in [1.54, 1.807) is 0 Å². The number of aliphatic imine (C=N–C) groups is 1. The van der Waals surface area contributed by atoms with E-state index >= 15 is 0 Å². The second kappa shape index (κ2) is 8.42. The number of hydrogen-bond donors (Lipinski definition) is 7. The maximum atomic E-state index is 12.2. The van der Waals surface area contributed by atoms with Gasteiger partial charge < -0.3 is 43.0 Å². The molecular formula is C14H25N7O5. The molecule has 0 aromatic carbocycles. The second-order valence-electron chi connectivity index (χ2n) is 6.04. The highest BCUT2D eigenvalue weighted by atomic mass is 16.6. The SMILES string of the molecule is NCCC(CN=C(N)N)c1cn(C2O[C@H](CO)C(O)[C@H]2O)c(=O)nc1N. The number of guanidine groups is 1. The predicted molar refractivity (Wildman–Crippen MR) is 93.0 cm³/mol. The first-order chi connectivity index (χ1) is 12.3. The van der Waals surface area contributed by atoms with Crippen molar-refractivity contribution >= 4 is 11.8 Å². The van der Waals surface area contributed by atoms with Crippen LogP contribution in [0.1, 0.15) is 24.1 Å². The van der Waals surface area contributed by atoms with Gasteiger partial charge in [0, 0.05) is 24.2 Å². The number of anilines is 1. The monoisotopic (exact) mass is 371 g/mol. The summed E-state index contributed by atoms with van der Waals surface area (Å²) in [5.74, 6) is -0.434. The Morgan fingerprint density at radius 1 is 1.38 bits per heavy atom. The third-order valence-corrected chi connectivity index (χ3v) is 4.25. The van der Waals surface area contributed by atoms with Gasteiger partial charge in [0.25, 0.3) is 0 Å². The number of aromatic nitrogens is 2. The summed E-state index contributed by atoms with van der Waals surface area (Å²) in [5, 5.41) is 29.2. The lowest BCUT2D eigenvalue weighted by Gasteiger charge is -2.21. The van der Waals surface area contributed by atoms with E-state index in [1.807, 2.05) is 0 Å². The Balaban J connectivity index is 2.42. The minimum Gasteiger partial charge on any atom is -0.394 e. The molecule has 26 heavy (non-hydrogen) atoms. The molecule has 2 heterocycles. The first kappa shape index (κ1) is 20.1. The van der Waals surface area contributed by atoms with Crippen LogP contribution < -0.4 is 28.6 Å². The molecule has 1 aromatic rings. The largest absolute Gasteiger partial charge is 0.394 e. The van der Waals surface area contributed by atoms with Crippen LogP contribution in [0.3, 0.4) is 0 Å². The van der Waals surface area contributed by atoms with Crippen LogP contribution in [0.5, 0.6) is 0 Å². The standard InChI is InChI=1S/C14H25N7O5/c15-2-1-6(3-19-13(17)18)7-4-21(14(25)20-11(7)16)12-10(24)9(23)8(5-22)26-12/h4,6,8-10,12,22-24H,1-3,5,15H2,(H2,16,20,25)(H4,17,18,19)/t6?,8-,9?,10-,12?/m1/s1. The number of aliphatic hydroxyl groups excluding tert-OH is 3. The van der Waals surface area contributed by atoms with Crippen molar-refractivity contribution in [3.05, 3.63) is 22.2 Å². The average molecular weight is 371 g/mol. The van der Waals surface area contributed by atoms with E-state index in [4.69, 9.17) is 27.7 Å². The van der Waals surface area contributed by atoms with Crippen molar-refractivity contribution < 1.29 is 20.1 Å². The fraction of sp³-hybridized carbons (Fsp3) is 0.643. The molecule has 1 aromatic heterocycles. The second-order valence-corrected chi connectivity index (χ2v) is 6.04. The van der Waals surface area contributed by atoms with E-state index in [2.05, 4.69) is 9.98 Å². The molecule has 1 fully saturated rings. The molecule has 0 spiro atoms. The van der Waals surface area contributed by atoms with Gasteiger partial charge >= 0.3 is 5.69 Å². The van der Waals surface area contributed by atoms with Gasteiger partial charge in [0.05, 0.1) is 6.61 Å². The normalized spacial score (nSPS) is 26.6. The molecule has 0 bridgehead atoms. The summed E-state index contributed by atoms with van der Waals surface area (Å²) in [4.78, 5) is 19.9. The number of nitrogen functional groups attached to an aromatic ring is 1. The molecule has 146 valence electrons. The van der Waals surface area contributed by atoms with Crippen LogP contribution in [0.25, 0.3) is 0 Å².